The van der Waals surface area contributed by atoms with Crippen LogP contribution in [-0.2, 0) is 15.1 Å². The van der Waals surface area contributed by atoms with Gasteiger partial charge in [0.05, 0.1) is 6.04 Å². The van der Waals surface area contributed by atoms with Gasteiger partial charge in [-0.2, -0.15) is 0 Å². The zero-order valence-corrected chi connectivity index (χ0v) is 18.0. The van der Waals surface area contributed by atoms with Gasteiger partial charge in [0.25, 0.3) is 5.91 Å². The van der Waals surface area contributed by atoms with Gasteiger partial charge < -0.3 is 10.2 Å². The molecule has 4 amide bonds. The second-order valence-corrected chi connectivity index (χ2v) is 8.67. The third-order valence-corrected chi connectivity index (χ3v) is 6.29. The highest BCUT2D eigenvalue weighted by Gasteiger charge is 2.50. The molecule has 0 radical (unpaired) electrons. The molecule has 2 aromatic rings. The number of carbonyl (C=O) groups is 3. The highest BCUT2D eigenvalue weighted by atomic mass is 79.9. The van der Waals surface area contributed by atoms with E-state index in [0.717, 1.165) is 27.8 Å². The van der Waals surface area contributed by atoms with Crippen molar-refractivity contribution in [3.8, 4) is 0 Å². The van der Waals surface area contributed by atoms with Crippen molar-refractivity contribution in [2.75, 3.05) is 13.1 Å². The van der Waals surface area contributed by atoms with Gasteiger partial charge in [-0.05, 0) is 55.2 Å². The van der Waals surface area contributed by atoms with E-state index in [-0.39, 0.29) is 18.5 Å². The Hall–Kier alpha value is -2.74. The molecule has 6 nitrogen and oxygen atoms in total. The third kappa shape index (κ3) is 3.60. The Balaban J connectivity index is 1.52. The van der Waals surface area contributed by atoms with Gasteiger partial charge in [0.2, 0.25) is 5.91 Å². The fraction of sp³-hybridized carbons (Fsp3) is 0.318. The van der Waals surface area contributed by atoms with Gasteiger partial charge in [-0.25, -0.2) is 9.18 Å². The summed E-state index contributed by atoms with van der Waals surface area (Å²) in [4.78, 5) is 41.3. The Kier molecular flexibility index (Phi) is 5.36. The number of hydrogen-bond acceptors (Lipinski definition) is 3. The Bertz CT molecular complexity index is 1010. The number of likely N-dealkylation sites (tertiary alicyclic amines) is 1. The van der Waals surface area contributed by atoms with E-state index < -0.39 is 23.3 Å². The fourth-order valence-electron chi connectivity index (χ4n) is 4.17. The van der Waals surface area contributed by atoms with E-state index in [1.165, 1.54) is 24.3 Å². The number of hydrogen-bond donors (Lipinski definition) is 1. The van der Waals surface area contributed by atoms with E-state index in [1.807, 2.05) is 24.3 Å². The quantitative estimate of drug-likeness (QED) is 0.687. The zero-order chi connectivity index (χ0) is 21.5. The minimum Gasteiger partial charge on any atom is -0.334 e. The van der Waals surface area contributed by atoms with Crippen LogP contribution in [-0.4, -0.2) is 40.7 Å². The first-order chi connectivity index (χ1) is 14.3. The summed E-state index contributed by atoms with van der Waals surface area (Å²) >= 11 is 3.46. The number of rotatable bonds is 4. The number of benzene rings is 2. The molecular weight excluding hydrogens is 453 g/mol. The second-order valence-electron chi connectivity index (χ2n) is 7.75. The van der Waals surface area contributed by atoms with E-state index in [0.29, 0.717) is 12.1 Å². The summed E-state index contributed by atoms with van der Waals surface area (Å²) in [5.41, 5.74) is 0.147. The van der Waals surface area contributed by atoms with Gasteiger partial charge in [0, 0.05) is 11.0 Å². The molecular formula is C22H21BrFN3O3. The summed E-state index contributed by atoms with van der Waals surface area (Å²) < 4.78 is 14.2. The van der Waals surface area contributed by atoms with Gasteiger partial charge in [-0.3, -0.25) is 14.5 Å². The molecule has 0 aromatic heterocycles. The average Bonchev–Trinajstić information content (AvgIpc) is 3.28. The molecule has 2 heterocycles. The maximum atomic E-state index is 13.3. The number of nitrogens with one attached hydrogen (secondary N) is 1. The molecule has 1 N–H and O–H groups in total. The lowest BCUT2D eigenvalue weighted by atomic mass is 9.92. The lowest BCUT2D eigenvalue weighted by Crippen LogP contribution is -2.44. The van der Waals surface area contributed by atoms with Crippen LogP contribution >= 0.6 is 15.9 Å². The Morgan fingerprint density at radius 2 is 1.97 bits per heavy atom. The van der Waals surface area contributed by atoms with Crippen LogP contribution in [0.2, 0.25) is 0 Å². The first kappa shape index (κ1) is 20.5. The van der Waals surface area contributed by atoms with Crippen LogP contribution in [0.15, 0.2) is 53.0 Å². The van der Waals surface area contributed by atoms with Gasteiger partial charge >= 0.3 is 6.03 Å². The molecule has 2 fully saturated rings. The summed E-state index contributed by atoms with van der Waals surface area (Å²) in [5.74, 6) is -1.23. The molecule has 2 unspecified atom stereocenters. The van der Waals surface area contributed by atoms with Crippen molar-refractivity contribution in [3.63, 3.8) is 0 Å². The predicted octanol–water partition coefficient (Wildman–Crippen LogP) is 3.72. The van der Waals surface area contributed by atoms with Crippen LogP contribution in [0.3, 0.4) is 0 Å². The molecule has 2 saturated heterocycles. The van der Waals surface area contributed by atoms with Gasteiger partial charge in [0.1, 0.15) is 17.9 Å². The van der Waals surface area contributed by atoms with Crippen LogP contribution in [0.25, 0.3) is 0 Å². The first-order valence-corrected chi connectivity index (χ1v) is 10.5. The number of urea groups is 1. The van der Waals surface area contributed by atoms with Crippen molar-refractivity contribution < 1.29 is 18.8 Å². The largest absolute Gasteiger partial charge is 0.334 e. The standard InChI is InChI=1S/C22H21BrFN3O3/c1-22(15-7-9-17(24)10-8-15)20(29)27(21(30)25-22)13-19(28)26-11-3-6-18(26)14-4-2-5-16(23)12-14/h2,4-5,7-10,12,18H,3,6,11,13H2,1H3,(H,25,30). The molecule has 0 aliphatic carbocycles. The van der Waals surface area contributed by atoms with Gasteiger partial charge in [-0.1, -0.05) is 40.2 Å². The van der Waals surface area contributed by atoms with Gasteiger partial charge in [0.15, 0.2) is 0 Å². The number of imide groups is 1. The van der Waals surface area contributed by atoms with Crippen LogP contribution in [0.1, 0.15) is 36.9 Å². The van der Waals surface area contributed by atoms with Crippen molar-refractivity contribution in [1.29, 1.82) is 0 Å². The van der Waals surface area contributed by atoms with E-state index in [2.05, 4.69) is 21.2 Å². The monoisotopic (exact) mass is 473 g/mol. The predicted molar refractivity (Wildman–Crippen MR) is 112 cm³/mol. The smallest absolute Gasteiger partial charge is 0.325 e. The van der Waals surface area contributed by atoms with E-state index >= 15 is 0 Å². The Morgan fingerprint density at radius 3 is 2.67 bits per heavy atom. The molecule has 2 aromatic carbocycles. The summed E-state index contributed by atoms with van der Waals surface area (Å²) in [6, 6.07) is 12.5. The molecule has 0 bridgehead atoms. The third-order valence-electron chi connectivity index (χ3n) is 5.80. The molecule has 4 rings (SSSR count). The number of nitrogens with zero attached hydrogens (tertiary/aromatic N) is 2. The lowest BCUT2D eigenvalue weighted by molar-refractivity contribution is -0.139. The Morgan fingerprint density at radius 1 is 1.23 bits per heavy atom. The topological polar surface area (TPSA) is 69.7 Å². The minimum atomic E-state index is -1.33. The zero-order valence-electron chi connectivity index (χ0n) is 16.4. The van der Waals surface area contributed by atoms with Crippen molar-refractivity contribution >= 4 is 33.8 Å². The SMILES string of the molecule is CC1(c2ccc(F)cc2)NC(=O)N(CC(=O)N2CCCC2c2cccc(Br)c2)C1=O. The van der Waals surface area contributed by atoms with Crippen molar-refractivity contribution in [1.82, 2.24) is 15.1 Å². The number of amides is 4. The van der Waals surface area contributed by atoms with Crippen molar-refractivity contribution in [2.45, 2.75) is 31.3 Å². The fourth-order valence-corrected chi connectivity index (χ4v) is 4.59. The molecule has 2 atom stereocenters. The second kappa shape index (κ2) is 7.83. The number of carbonyl (C=O) groups excluding carboxylic acids is 3. The maximum Gasteiger partial charge on any atom is 0.325 e. The molecule has 2 aliphatic heterocycles. The maximum absolute atomic E-state index is 13.3. The number of halogens is 2. The minimum absolute atomic E-state index is 0.0840. The molecule has 0 saturated carbocycles. The molecule has 30 heavy (non-hydrogen) atoms. The van der Waals surface area contributed by atoms with Crippen LogP contribution < -0.4 is 5.32 Å². The summed E-state index contributed by atoms with van der Waals surface area (Å²) in [6.45, 7) is 1.81. The van der Waals surface area contributed by atoms with Crippen molar-refractivity contribution in [3.05, 3.63) is 69.9 Å². The highest BCUT2D eigenvalue weighted by Crippen LogP contribution is 2.34. The van der Waals surface area contributed by atoms with Crippen LogP contribution in [0.5, 0.6) is 0 Å². The van der Waals surface area contributed by atoms with Crippen molar-refractivity contribution in [2.24, 2.45) is 0 Å². The normalized spacial score (nSPS) is 23.8. The lowest BCUT2D eigenvalue weighted by Gasteiger charge is -2.27. The molecule has 0 spiro atoms. The molecule has 2 aliphatic rings. The van der Waals surface area contributed by atoms with E-state index in [9.17, 15) is 18.8 Å². The Labute approximate surface area is 182 Å². The highest BCUT2D eigenvalue weighted by molar-refractivity contribution is 9.10. The van der Waals surface area contributed by atoms with Gasteiger partial charge in [-0.15, -0.1) is 0 Å². The van der Waals surface area contributed by atoms with Crippen LogP contribution in [0.4, 0.5) is 9.18 Å². The summed E-state index contributed by atoms with van der Waals surface area (Å²) in [6.07, 6.45) is 1.69. The first-order valence-electron chi connectivity index (χ1n) is 9.75. The summed E-state index contributed by atoms with van der Waals surface area (Å²) in [5, 5.41) is 2.65. The van der Waals surface area contributed by atoms with E-state index in [4.69, 9.17) is 0 Å². The van der Waals surface area contributed by atoms with E-state index in [1.54, 1.807) is 11.8 Å². The molecule has 8 heteroatoms. The van der Waals surface area contributed by atoms with Crippen LogP contribution in [0, 0.1) is 5.82 Å². The molecule has 156 valence electrons. The average molecular weight is 474 g/mol. The summed E-state index contributed by atoms with van der Waals surface area (Å²) in [7, 11) is 0.